The second-order valence-electron chi connectivity index (χ2n) is 4.33. The lowest BCUT2D eigenvalue weighted by Crippen LogP contribution is -2.23. The van der Waals surface area contributed by atoms with Crippen molar-refractivity contribution in [3.05, 3.63) is 57.6 Å². The first-order chi connectivity index (χ1) is 9.56. The van der Waals surface area contributed by atoms with E-state index in [-0.39, 0.29) is 10.0 Å². The van der Waals surface area contributed by atoms with Gasteiger partial charge in [-0.15, -0.1) is 0 Å². The van der Waals surface area contributed by atoms with Crippen LogP contribution < -0.4 is 4.90 Å². The summed E-state index contributed by atoms with van der Waals surface area (Å²) < 4.78 is 26.6. The summed E-state index contributed by atoms with van der Waals surface area (Å²) in [5, 5.41) is 0.0737. The zero-order chi connectivity index (χ0) is 14.3. The lowest BCUT2D eigenvalue weighted by molar-refractivity contribution is 0.625. The molecular formula is C14H8Cl2F2N2. The lowest BCUT2D eigenvalue weighted by Gasteiger charge is -2.25. The van der Waals surface area contributed by atoms with E-state index in [2.05, 4.69) is 4.99 Å². The summed E-state index contributed by atoms with van der Waals surface area (Å²) in [6.45, 7) is 0.345. The Morgan fingerprint density at radius 3 is 2.55 bits per heavy atom. The molecule has 0 unspecified atom stereocenters. The van der Waals surface area contributed by atoms with Gasteiger partial charge < -0.3 is 4.90 Å². The van der Waals surface area contributed by atoms with Crippen LogP contribution in [-0.2, 0) is 6.54 Å². The largest absolute Gasteiger partial charge is 0.328 e. The van der Waals surface area contributed by atoms with Gasteiger partial charge in [-0.3, -0.25) is 0 Å². The predicted octanol–water partition coefficient (Wildman–Crippen LogP) is 4.95. The summed E-state index contributed by atoms with van der Waals surface area (Å²) in [6, 6.07) is 7.19. The van der Waals surface area contributed by atoms with Gasteiger partial charge in [0.05, 0.1) is 28.6 Å². The Morgan fingerprint density at radius 2 is 1.80 bits per heavy atom. The molecule has 2 nitrogen and oxygen atoms in total. The van der Waals surface area contributed by atoms with Crippen LogP contribution in [-0.4, -0.2) is 6.34 Å². The summed E-state index contributed by atoms with van der Waals surface area (Å²) in [5.74, 6) is -0.978. The summed E-state index contributed by atoms with van der Waals surface area (Å²) in [7, 11) is 0. The first-order valence-electron chi connectivity index (χ1n) is 5.79. The van der Waals surface area contributed by atoms with Crippen molar-refractivity contribution in [1.82, 2.24) is 0 Å². The maximum absolute atomic E-state index is 13.5. The quantitative estimate of drug-likeness (QED) is 0.727. The van der Waals surface area contributed by atoms with Crippen LogP contribution in [0.15, 0.2) is 35.3 Å². The van der Waals surface area contributed by atoms with E-state index >= 15 is 0 Å². The molecule has 1 aliphatic heterocycles. The molecule has 0 radical (unpaired) electrons. The van der Waals surface area contributed by atoms with Crippen LogP contribution in [0.3, 0.4) is 0 Å². The number of rotatable bonds is 1. The normalized spacial score (nSPS) is 13.5. The van der Waals surface area contributed by atoms with Crippen LogP contribution in [0.4, 0.5) is 20.2 Å². The Morgan fingerprint density at radius 1 is 1.05 bits per heavy atom. The Labute approximate surface area is 124 Å². The second-order valence-corrected chi connectivity index (χ2v) is 5.12. The Balaban J connectivity index is 1.99. The van der Waals surface area contributed by atoms with Gasteiger partial charge in [-0.25, -0.2) is 13.8 Å². The average Bonchev–Trinajstić information content (AvgIpc) is 2.46. The fourth-order valence-corrected chi connectivity index (χ4v) is 2.41. The van der Waals surface area contributed by atoms with Crippen LogP contribution in [0.1, 0.15) is 5.56 Å². The van der Waals surface area contributed by atoms with Crippen molar-refractivity contribution in [1.29, 1.82) is 0 Å². The lowest BCUT2D eigenvalue weighted by atomic mass is 10.1. The van der Waals surface area contributed by atoms with E-state index in [0.29, 0.717) is 23.5 Å². The van der Waals surface area contributed by atoms with Crippen LogP contribution in [0.25, 0.3) is 0 Å². The molecule has 102 valence electrons. The average molecular weight is 313 g/mol. The van der Waals surface area contributed by atoms with E-state index in [1.165, 1.54) is 18.2 Å². The smallest absolute Gasteiger partial charge is 0.142 e. The molecule has 2 aromatic carbocycles. The van der Waals surface area contributed by atoms with Gasteiger partial charge in [0, 0.05) is 11.3 Å². The van der Waals surface area contributed by atoms with Crippen molar-refractivity contribution >= 4 is 40.9 Å². The summed E-state index contributed by atoms with van der Waals surface area (Å²) in [4.78, 5) is 5.94. The number of aliphatic imine (C=N–C) groups is 1. The zero-order valence-corrected chi connectivity index (χ0v) is 11.6. The molecule has 0 N–H and O–H groups in total. The van der Waals surface area contributed by atoms with E-state index in [4.69, 9.17) is 23.2 Å². The van der Waals surface area contributed by atoms with Gasteiger partial charge in [0.2, 0.25) is 0 Å². The van der Waals surface area contributed by atoms with Crippen LogP contribution >= 0.6 is 23.2 Å². The maximum atomic E-state index is 13.5. The fraction of sp³-hybridized carbons (Fsp3) is 0.0714. The van der Waals surface area contributed by atoms with Gasteiger partial charge in [-0.1, -0.05) is 23.2 Å². The van der Waals surface area contributed by atoms with Crippen molar-refractivity contribution in [2.24, 2.45) is 4.99 Å². The highest BCUT2D eigenvalue weighted by atomic mass is 35.5. The molecule has 20 heavy (non-hydrogen) atoms. The highest BCUT2D eigenvalue weighted by Crippen LogP contribution is 2.34. The molecule has 1 aliphatic rings. The van der Waals surface area contributed by atoms with Crippen molar-refractivity contribution in [3.63, 3.8) is 0 Å². The minimum atomic E-state index is -0.492. The van der Waals surface area contributed by atoms with E-state index in [1.807, 2.05) is 0 Å². The molecule has 0 saturated carbocycles. The number of anilines is 1. The molecule has 3 rings (SSSR count). The monoisotopic (exact) mass is 312 g/mol. The van der Waals surface area contributed by atoms with Crippen LogP contribution in [0.2, 0.25) is 10.0 Å². The van der Waals surface area contributed by atoms with Gasteiger partial charge in [0.15, 0.2) is 0 Å². The number of nitrogens with zero attached hydrogens (tertiary/aromatic N) is 2. The third-order valence-corrected chi connectivity index (χ3v) is 3.77. The van der Waals surface area contributed by atoms with Crippen LogP contribution in [0.5, 0.6) is 0 Å². The van der Waals surface area contributed by atoms with E-state index in [9.17, 15) is 8.78 Å². The molecule has 0 aliphatic carbocycles. The highest BCUT2D eigenvalue weighted by Gasteiger charge is 2.19. The maximum Gasteiger partial charge on any atom is 0.142 e. The van der Waals surface area contributed by atoms with Gasteiger partial charge in [-0.2, -0.15) is 0 Å². The van der Waals surface area contributed by atoms with E-state index in [0.717, 1.165) is 0 Å². The minimum absolute atomic E-state index is 0.0204. The minimum Gasteiger partial charge on any atom is -0.328 e. The third kappa shape index (κ3) is 2.25. The van der Waals surface area contributed by atoms with Crippen molar-refractivity contribution in [3.8, 4) is 0 Å². The number of hydrogen-bond acceptors (Lipinski definition) is 2. The van der Waals surface area contributed by atoms with Gasteiger partial charge in [0.25, 0.3) is 0 Å². The first-order valence-corrected chi connectivity index (χ1v) is 6.54. The van der Waals surface area contributed by atoms with Gasteiger partial charge in [0.1, 0.15) is 11.6 Å². The van der Waals surface area contributed by atoms with Gasteiger partial charge >= 0.3 is 0 Å². The predicted molar refractivity (Wildman–Crippen MR) is 77.2 cm³/mol. The molecule has 0 bridgehead atoms. The topological polar surface area (TPSA) is 15.6 Å². The number of halogens is 4. The second kappa shape index (κ2) is 5.04. The zero-order valence-electron chi connectivity index (χ0n) is 10.1. The summed E-state index contributed by atoms with van der Waals surface area (Å²) in [6.07, 6.45) is 1.58. The molecule has 6 heteroatoms. The molecule has 0 saturated heterocycles. The Kier molecular flexibility index (Phi) is 3.36. The number of hydrogen-bond donors (Lipinski definition) is 0. The van der Waals surface area contributed by atoms with Crippen molar-refractivity contribution < 1.29 is 8.78 Å². The summed E-state index contributed by atoms with van der Waals surface area (Å²) >= 11 is 11.7. The molecule has 0 amide bonds. The van der Waals surface area contributed by atoms with E-state index in [1.54, 1.807) is 23.4 Å². The summed E-state index contributed by atoms with van der Waals surface area (Å²) in [5.41, 5.74) is 1.88. The van der Waals surface area contributed by atoms with Crippen LogP contribution in [0, 0.1) is 11.6 Å². The molecule has 0 aromatic heterocycles. The Bertz CT molecular complexity index is 717. The molecule has 2 aromatic rings. The standard InChI is InChI=1S/C14H8Cl2F2N2/c15-10-5-8(1-2-11(10)17)20-6-9-13(19-7-20)4-3-12(18)14(9)16/h1-5,7H,6H2. The van der Waals surface area contributed by atoms with Crippen molar-refractivity contribution in [2.45, 2.75) is 6.54 Å². The fourth-order valence-electron chi connectivity index (χ4n) is 2.02. The molecule has 0 atom stereocenters. The molecule has 0 spiro atoms. The highest BCUT2D eigenvalue weighted by molar-refractivity contribution is 6.32. The molecule has 1 heterocycles. The number of benzene rings is 2. The van der Waals surface area contributed by atoms with Crippen molar-refractivity contribution in [2.75, 3.05) is 4.90 Å². The molecule has 0 fully saturated rings. The van der Waals surface area contributed by atoms with Gasteiger partial charge in [-0.05, 0) is 30.3 Å². The Hall–Kier alpha value is -1.65. The number of fused-ring (bicyclic) bond motifs is 1. The molecular weight excluding hydrogens is 305 g/mol. The van der Waals surface area contributed by atoms with E-state index < -0.39 is 11.6 Å². The third-order valence-electron chi connectivity index (χ3n) is 3.07. The SMILES string of the molecule is Fc1ccc(N2C=Nc3ccc(F)c(Cl)c3C2)cc1Cl. The first kappa shape index (κ1) is 13.3.